The van der Waals surface area contributed by atoms with Crippen molar-refractivity contribution in [2.45, 2.75) is 32.5 Å². The summed E-state index contributed by atoms with van der Waals surface area (Å²) in [6.45, 7) is 2.77. The van der Waals surface area contributed by atoms with E-state index in [-0.39, 0.29) is 6.04 Å². The molecule has 1 heterocycles. The monoisotopic (exact) mass is 342 g/mol. The van der Waals surface area contributed by atoms with E-state index in [4.69, 9.17) is 5.11 Å². The molecule has 1 fully saturated rings. The van der Waals surface area contributed by atoms with Gasteiger partial charge >= 0.3 is 18.2 Å². The molecule has 3 atom stereocenters. The number of carboxylic acids is 1. The van der Waals surface area contributed by atoms with Gasteiger partial charge in [0.15, 0.2) is 0 Å². The lowest BCUT2D eigenvalue weighted by Gasteiger charge is -2.21. The van der Waals surface area contributed by atoms with E-state index in [0.29, 0.717) is 6.42 Å². The molecule has 0 aliphatic carbocycles. The Kier molecular flexibility index (Phi) is 6.83. The number of carbonyl (C=O) groups is 2. The second-order valence-electron chi connectivity index (χ2n) is 5.33. The smallest absolute Gasteiger partial charge is 0.394 e. The third kappa shape index (κ3) is 5.26. The van der Waals surface area contributed by atoms with E-state index in [2.05, 4.69) is 5.32 Å². The normalized spacial score (nSPS) is 23.4. The van der Waals surface area contributed by atoms with Gasteiger partial charge in [0.25, 0.3) is 0 Å². The Morgan fingerprint density at radius 2 is 2.05 bits per heavy atom. The Morgan fingerprint density at radius 1 is 1.41 bits per heavy atom. The van der Waals surface area contributed by atoms with Crippen LogP contribution in [-0.4, -0.2) is 58.8 Å². The van der Waals surface area contributed by atoms with E-state index < -0.39 is 43.1 Å². The quantitative estimate of drug-likeness (QED) is 0.728. The maximum absolute atomic E-state index is 12.9. The van der Waals surface area contributed by atoms with Gasteiger partial charge in [-0.05, 0) is 24.9 Å². The number of hydrogen-bond donors (Lipinski definition) is 2. The molecule has 1 aliphatic heterocycles. The van der Waals surface area contributed by atoms with Gasteiger partial charge in [0.2, 0.25) is 0 Å². The molecule has 2 N–H and O–H groups in total. The van der Waals surface area contributed by atoms with E-state index >= 15 is 0 Å². The Bertz CT molecular complexity index is 406. The molecule has 0 radical (unpaired) electrons. The number of halogens is 3. The fraction of sp³-hybridized carbons (Fsp3) is 0.846. The van der Waals surface area contributed by atoms with Gasteiger partial charge in [-0.15, -0.1) is 0 Å². The Morgan fingerprint density at radius 3 is 2.50 bits per heavy atom. The van der Waals surface area contributed by atoms with E-state index in [0.717, 1.165) is 16.4 Å². The van der Waals surface area contributed by atoms with Crippen LogP contribution in [0.5, 0.6) is 0 Å². The molecular formula is C13H21F3N2O3S. The van der Waals surface area contributed by atoms with Crippen LogP contribution in [0.1, 0.15) is 20.3 Å². The number of hydrogen-bond acceptors (Lipinski definition) is 3. The number of aliphatic carboxylic acids is 1. The highest BCUT2D eigenvalue weighted by Gasteiger charge is 2.53. The topological polar surface area (TPSA) is 69.6 Å². The fourth-order valence-electron chi connectivity index (χ4n) is 2.33. The van der Waals surface area contributed by atoms with Crippen LogP contribution in [0, 0.1) is 11.8 Å². The average molecular weight is 342 g/mol. The first-order valence-electron chi connectivity index (χ1n) is 7.09. The van der Waals surface area contributed by atoms with Crippen molar-refractivity contribution in [3.63, 3.8) is 0 Å². The van der Waals surface area contributed by atoms with Crippen LogP contribution in [-0.2, 0) is 4.79 Å². The Hall–Kier alpha value is -1.12. The molecule has 0 bridgehead atoms. The number of urea groups is 1. The number of carboxylic acid groups (broad SMARTS) is 1. The van der Waals surface area contributed by atoms with Crippen LogP contribution >= 0.6 is 11.8 Å². The molecule has 0 aromatic heterocycles. The number of nitrogens with one attached hydrogen (secondary N) is 1. The van der Waals surface area contributed by atoms with Gasteiger partial charge in [-0.3, -0.25) is 4.79 Å². The maximum Gasteiger partial charge on any atom is 0.394 e. The molecule has 1 rings (SSSR count). The van der Waals surface area contributed by atoms with Crippen molar-refractivity contribution in [3.8, 4) is 0 Å². The van der Waals surface area contributed by atoms with Crippen molar-refractivity contribution in [2.75, 3.05) is 24.6 Å². The third-order valence-corrected chi connectivity index (χ3v) is 4.55. The lowest BCUT2D eigenvalue weighted by molar-refractivity contribution is -0.187. The lowest BCUT2D eigenvalue weighted by Crippen LogP contribution is -2.43. The van der Waals surface area contributed by atoms with E-state index in [9.17, 15) is 22.8 Å². The second kappa shape index (κ2) is 7.94. The lowest BCUT2D eigenvalue weighted by atomic mass is 9.96. The predicted molar refractivity (Wildman–Crippen MR) is 77.9 cm³/mol. The predicted octanol–water partition coefficient (Wildman–Crippen LogP) is 2.42. The van der Waals surface area contributed by atoms with Crippen molar-refractivity contribution < 1.29 is 27.9 Å². The van der Waals surface area contributed by atoms with Crippen LogP contribution in [0.4, 0.5) is 18.0 Å². The van der Waals surface area contributed by atoms with Gasteiger partial charge in [0, 0.05) is 19.1 Å². The molecular weight excluding hydrogens is 321 g/mol. The van der Waals surface area contributed by atoms with E-state index in [1.54, 1.807) is 18.7 Å². The Labute approximate surface area is 131 Å². The molecule has 1 aliphatic rings. The summed E-state index contributed by atoms with van der Waals surface area (Å²) in [5.41, 5.74) is 0. The molecule has 128 valence electrons. The van der Waals surface area contributed by atoms with Gasteiger partial charge in [-0.2, -0.15) is 24.9 Å². The van der Waals surface area contributed by atoms with Crippen LogP contribution in [0.15, 0.2) is 0 Å². The molecule has 0 aromatic carbocycles. The number of carbonyl (C=O) groups excluding carboxylic acids is 1. The van der Waals surface area contributed by atoms with Crippen molar-refractivity contribution in [2.24, 2.45) is 11.8 Å². The SMILES string of the molecule is CCSCCC(C)NC(=O)N1C[C@@H](C(F)(F)F)[C@H](C(=O)O)C1. The highest BCUT2D eigenvalue weighted by atomic mass is 32.2. The molecule has 2 amide bonds. The van der Waals surface area contributed by atoms with Crippen LogP contribution < -0.4 is 5.32 Å². The zero-order chi connectivity index (χ0) is 16.9. The van der Waals surface area contributed by atoms with Gasteiger partial charge in [0.1, 0.15) is 0 Å². The van der Waals surface area contributed by atoms with Crippen LogP contribution in [0.25, 0.3) is 0 Å². The van der Waals surface area contributed by atoms with Crippen molar-refractivity contribution in [1.29, 1.82) is 0 Å². The molecule has 1 saturated heterocycles. The summed E-state index contributed by atoms with van der Waals surface area (Å²) in [7, 11) is 0. The molecule has 1 unspecified atom stereocenters. The molecule has 9 heteroatoms. The number of likely N-dealkylation sites (tertiary alicyclic amines) is 1. The summed E-state index contributed by atoms with van der Waals surface area (Å²) >= 11 is 1.71. The van der Waals surface area contributed by atoms with E-state index in [1.165, 1.54) is 0 Å². The molecule has 5 nitrogen and oxygen atoms in total. The molecule has 0 saturated carbocycles. The first-order valence-corrected chi connectivity index (χ1v) is 8.25. The summed E-state index contributed by atoms with van der Waals surface area (Å²) in [5, 5.41) is 11.5. The van der Waals surface area contributed by atoms with Gasteiger partial charge < -0.3 is 15.3 Å². The summed E-state index contributed by atoms with van der Waals surface area (Å²) in [6, 6.07) is -0.799. The minimum Gasteiger partial charge on any atom is -0.481 e. The molecule has 0 spiro atoms. The standard InChI is InChI=1S/C13H21F3N2O3S/c1-3-22-5-4-8(2)17-12(21)18-6-9(11(19)20)10(7-18)13(14,15)16/h8-10H,3-7H2,1-2H3,(H,17,21)(H,19,20)/t8?,9-,10-/m1/s1. The molecule has 0 aromatic rings. The fourth-order valence-corrected chi connectivity index (χ4v) is 3.14. The minimum absolute atomic E-state index is 0.167. The highest BCUT2D eigenvalue weighted by molar-refractivity contribution is 7.99. The summed E-state index contributed by atoms with van der Waals surface area (Å²) in [6.07, 6.45) is -3.91. The molecule has 22 heavy (non-hydrogen) atoms. The number of thioether (sulfide) groups is 1. The van der Waals surface area contributed by atoms with Crippen LogP contribution in [0.2, 0.25) is 0 Å². The minimum atomic E-state index is -4.62. The first-order chi connectivity index (χ1) is 10.2. The second-order valence-corrected chi connectivity index (χ2v) is 6.73. The van der Waals surface area contributed by atoms with Crippen molar-refractivity contribution in [1.82, 2.24) is 10.2 Å². The van der Waals surface area contributed by atoms with E-state index in [1.807, 2.05) is 6.92 Å². The number of rotatable bonds is 6. The largest absolute Gasteiger partial charge is 0.481 e. The third-order valence-electron chi connectivity index (χ3n) is 3.61. The average Bonchev–Trinajstić information content (AvgIpc) is 2.84. The zero-order valence-electron chi connectivity index (χ0n) is 12.5. The summed E-state index contributed by atoms with van der Waals surface area (Å²) in [5.74, 6) is -3.33. The zero-order valence-corrected chi connectivity index (χ0v) is 13.3. The number of alkyl halides is 3. The van der Waals surface area contributed by atoms with Crippen molar-refractivity contribution in [3.05, 3.63) is 0 Å². The van der Waals surface area contributed by atoms with Gasteiger partial charge in [0.05, 0.1) is 11.8 Å². The first kappa shape index (κ1) is 18.9. The van der Waals surface area contributed by atoms with Crippen molar-refractivity contribution >= 4 is 23.8 Å². The Balaban J connectivity index is 2.58. The van der Waals surface area contributed by atoms with Gasteiger partial charge in [-0.1, -0.05) is 6.92 Å². The maximum atomic E-state index is 12.9. The van der Waals surface area contributed by atoms with Crippen LogP contribution in [0.3, 0.4) is 0 Å². The number of amides is 2. The highest BCUT2D eigenvalue weighted by Crippen LogP contribution is 2.37. The summed E-state index contributed by atoms with van der Waals surface area (Å²) < 4.78 is 38.6. The number of nitrogens with zero attached hydrogens (tertiary/aromatic N) is 1. The summed E-state index contributed by atoms with van der Waals surface area (Å²) in [4.78, 5) is 23.9. The van der Waals surface area contributed by atoms with Gasteiger partial charge in [-0.25, -0.2) is 4.79 Å².